The van der Waals surface area contributed by atoms with Crippen LogP contribution in [0.4, 0.5) is 9.18 Å². The van der Waals surface area contributed by atoms with Crippen LogP contribution in [0.5, 0.6) is 5.75 Å². The Morgan fingerprint density at radius 1 is 1.12 bits per heavy atom. The number of aromatic nitrogens is 2. The molecule has 3 heterocycles. The smallest absolute Gasteiger partial charge is 0.328 e. The van der Waals surface area contributed by atoms with Crippen molar-refractivity contribution in [3.8, 4) is 17.6 Å². The molecule has 0 saturated carbocycles. The summed E-state index contributed by atoms with van der Waals surface area (Å²) in [7, 11) is 1.28. The predicted octanol–water partition coefficient (Wildman–Crippen LogP) is 1.85. The zero-order valence-electron chi connectivity index (χ0n) is 22.6. The lowest BCUT2D eigenvalue weighted by Gasteiger charge is -2.27. The third-order valence-corrected chi connectivity index (χ3v) is 6.81. The molecule has 3 N–H and O–H groups in total. The van der Waals surface area contributed by atoms with Gasteiger partial charge < -0.3 is 19.7 Å². The molecule has 2 aliphatic rings. The minimum Gasteiger partial charge on any atom is -0.494 e. The van der Waals surface area contributed by atoms with Crippen molar-refractivity contribution in [1.82, 2.24) is 25.3 Å². The number of carbonyl (C=O) groups is 4. The van der Waals surface area contributed by atoms with Gasteiger partial charge in [0.2, 0.25) is 5.54 Å². The fraction of sp³-hybridized carbons (Fsp3) is 0.321. The van der Waals surface area contributed by atoms with Crippen molar-refractivity contribution in [2.24, 2.45) is 5.41 Å². The molecule has 1 aromatic heterocycles. The molecule has 2 aromatic carbocycles. The monoisotopic (exact) mass is 563 g/mol. The van der Waals surface area contributed by atoms with Crippen LogP contribution in [0.2, 0.25) is 0 Å². The minimum atomic E-state index is -1.95. The normalized spacial score (nSPS) is 18.3. The van der Waals surface area contributed by atoms with Crippen molar-refractivity contribution in [3.05, 3.63) is 63.2 Å². The van der Waals surface area contributed by atoms with Crippen molar-refractivity contribution in [1.29, 1.82) is 0 Å². The van der Waals surface area contributed by atoms with E-state index >= 15 is 0 Å². The first-order chi connectivity index (χ1) is 19.3. The number of aromatic amines is 2. The second kappa shape index (κ2) is 9.81. The van der Waals surface area contributed by atoms with Crippen LogP contribution < -0.4 is 15.6 Å². The van der Waals surface area contributed by atoms with Crippen molar-refractivity contribution in [2.45, 2.75) is 32.9 Å². The SMILES string of the molecule is COc1ccc2c(c1F)C(=O)N(C[C@@]1(C#Cc3ccc4c(=O)[nH][nH]c4c3)NC(=O)N(COC(=O)C(C)(C)C)C1=O)C2. The van der Waals surface area contributed by atoms with E-state index in [1.807, 2.05) is 0 Å². The third kappa shape index (κ3) is 4.77. The highest BCUT2D eigenvalue weighted by Crippen LogP contribution is 2.32. The number of rotatable bonds is 5. The van der Waals surface area contributed by atoms with Crippen LogP contribution in [0, 0.1) is 23.1 Å². The zero-order valence-corrected chi connectivity index (χ0v) is 22.6. The molecule has 0 aliphatic carbocycles. The number of ether oxygens (including phenoxy) is 2. The average Bonchev–Trinajstić information content (AvgIpc) is 3.52. The molecule has 1 atom stereocenters. The summed E-state index contributed by atoms with van der Waals surface area (Å²) in [4.78, 5) is 66.0. The number of nitrogens with one attached hydrogen (secondary N) is 3. The number of hydrogen-bond acceptors (Lipinski definition) is 7. The number of amides is 4. The lowest BCUT2D eigenvalue weighted by molar-refractivity contribution is -0.158. The Morgan fingerprint density at radius 3 is 2.59 bits per heavy atom. The van der Waals surface area contributed by atoms with E-state index in [0.29, 0.717) is 26.9 Å². The zero-order chi connectivity index (χ0) is 29.7. The Labute approximate surface area is 232 Å². The van der Waals surface area contributed by atoms with E-state index in [2.05, 4.69) is 27.4 Å². The molecule has 1 fully saturated rings. The molecule has 5 rings (SSSR count). The van der Waals surface area contributed by atoms with E-state index in [-0.39, 0.29) is 23.4 Å². The second-order valence-electron chi connectivity index (χ2n) is 10.7. The quantitative estimate of drug-likeness (QED) is 0.243. The van der Waals surface area contributed by atoms with Gasteiger partial charge in [-0.15, -0.1) is 0 Å². The first-order valence-electron chi connectivity index (χ1n) is 12.5. The highest BCUT2D eigenvalue weighted by Gasteiger charge is 2.53. The topological polar surface area (TPSA) is 154 Å². The van der Waals surface area contributed by atoms with Crippen LogP contribution >= 0.6 is 0 Å². The number of H-pyrrole nitrogens is 2. The van der Waals surface area contributed by atoms with E-state index in [1.165, 1.54) is 18.1 Å². The van der Waals surface area contributed by atoms with Crippen molar-refractivity contribution < 1.29 is 33.0 Å². The molecule has 2 aliphatic heterocycles. The maximum Gasteiger partial charge on any atom is 0.328 e. The van der Waals surface area contributed by atoms with Crippen LogP contribution in [-0.4, -0.2) is 69.7 Å². The Hall–Kier alpha value is -5.12. The lowest BCUT2D eigenvalue weighted by atomic mass is 9.97. The molecule has 0 radical (unpaired) electrons. The minimum absolute atomic E-state index is 0.0444. The molecule has 1 saturated heterocycles. The standard InChI is InChI=1S/C28H26FN5O7/c1-27(2,3)25(38)41-14-34-24(37)28(30-26(34)39,10-9-15-5-7-17-18(11-15)31-32-22(17)35)13-33-12-16-6-8-19(40-4)21(29)20(16)23(33)36/h5-8,11H,12-14H2,1-4H3,(H,30,39)(H2,31,32,35)/t28-/m1/s1. The highest BCUT2D eigenvalue weighted by molar-refractivity contribution is 6.10. The number of imide groups is 1. The summed E-state index contributed by atoms with van der Waals surface area (Å²) in [5.41, 5.74) is -2.09. The summed E-state index contributed by atoms with van der Waals surface area (Å²) in [5.74, 6) is 2.51. The number of hydrogen-bond donors (Lipinski definition) is 3. The summed E-state index contributed by atoms with van der Waals surface area (Å²) in [5, 5.41) is 8.14. The van der Waals surface area contributed by atoms with E-state index in [0.717, 1.165) is 0 Å². The number of carbonyl (C=O) groups excluding carboxylic acids is 4. The molecule has 212 valence electrons. The summed E-state index contributed by atoms with van der Waals surface area (Å²) in [6.45, 7) is 3.73. The molecule has 41 heavy (non-hydrogen) atoms. The maximum absolute atomic E-state index is 15.0. The van der Waals surface area contributed by atoms with E-state index in [1.54, 1.807) is 45.0 Å². The Balaban J connectivity index is 1.50. The number of methoxy groups -OCH3 is 1. The number of nitrogens with zero attached hydrogens (tertiary/aromatic N) is 2. The van der Waals surface area contributed by atoms with Crippen molar-refractivity contribution in [2.75, 3.05) is 20.4 Å². The van der Waals surface area contributed by atoms with Gasteiger partial charge in [-0.05, 0) is 50.6 Å². The molecule has 0 spiro atoms. The predicted molar refractivity (Wildman–Crippen MR) is 142 cm³/mol. The number of urea groups is 1. The van der Waals surface area contributed by atoms with Gasteiger partial charge in [-0.25, -0.2) is 14.1 Å². The number of fused-ring (bicyclic) bond motifs is 2. The molecule has 12 nitrogen and oxygen atoms in total. The maximum atomic E-state index is 15.0. The van der Waals surface area contributed by atoms with E-state index in [4.69, 9.17) is 9.47 Å². The van der Waals surface area contributed by atoms with Gasteiger partial charge in [0.1, 0.15) is 0 Å². The highest BCUT2D eigenvalue weighted by atomic mass is 19.1. The van der Waals surface area contributed by atoms with Gasteiger partial charge in [0.25, 0.3) is 17.4 Å². The summed E-state index contributed by atoms with van der Waals surface area (Å²) < 4.78 is 25.1. The average molecular weight is 564 g/mol. The lowest BCUT2D eigenvalue weighted by Crippen LogP contribution is -2.54. The van der Waals surface area contributed by atoms with Crippen LogP contribution in [0.1, 0.15) is 42.3 Å². The Kier molecular flexibility index (Phi) is 6.57. The van der Waals surface area contributed by atoms with Gasteiger partial charge >= 0.3 is 12.0 Å². The fourth-order valence-corrected chi connectivity index (χ4v) is 4.58. The number of halogens is 1. The molecular weight excluding hydrogens is 537 g/mol. The second-order valence-corrected chi connectivity index (χ2v) is 10.7. The largest absolute Gasteiger partial charge is 0.494 e. The first kappa shape index (κ1) is 27.4. The van der Waals surface area contributed by atoms with Gasteiger partial charge in [0, 0.05) is 12.1 Å². The van der Waals surface area contributed by atoms with Crippen molar-refractivity contribution >= 4 is 34.7 Å². The molecular formula is C28H26FN5O7. The number of benzene rings is 2. The molecule has 0 unspecified atom stereocenters. The molecule has 3 aromatic rings. The van der Waals surface area contributed by atoms with Crippen LogP contribution in [-0.2, 0) is 20.9 Å². The van der Waals surface area contributed by atoms with Gasteiger partial charge in [0.15, 0.2) is 18.3 Å². The fourth-order valence-electron chi connectivity index (χ4n) is 4.58. The van der Waals surface area contributed by atoms with Gasteiger partial charge in [0.05, 0.1) is 35.5 Å². The first-order valence-corrected chi connectivity index (χ1v) is 12.5. The third-order valence-electron chi connectivity index (χ3n) is 6.81. The summed E-state index contributed by atoms with van der Waals surface area (Å²) in [6, 6.07) is 6.76. The summed E-state index contributed by atoms with van der Waals surface area (Å²) >= 11 is 0. The van der Waals surface area contributed by atoms with Crippen molar-refractivity contribution in [3.63, 3.8) is 0 Å². The van der Waals surface area contributed by atoms with Gasteiger partial charge in [-0.3, -0.25) is 29.4 Å². The van der Waals surface area contributed by atoms with Gasteiger partial charge in [-0.2, -0.15) is 0 Å². The van der Waals surface area contributed by atoms with Gasteiger partial charge in [-0.1, -0.05) is 17.9 Å². The molecule has 4 amide bonds. The Morgan fingerprint density at radius 2 is 1.88 bits per heavy atom. The van der Waals surface area contributed by atoms with Crippen LogP contribution in [0.25, 0.3) is 10.9 Å². The van der Waals surface area contributed by atoms with Crippen LogP contribution in [0.3, 0.4) is 0 Å². The Bertz CT molecular complexity index is 1740. The molecule has 0 bridgehead atoms. The number of esters is 1. The summed E-state index contributed by atoms with van der Waals surface area (Å²) in [6.07, 6.45) is 0. The van der Waals surface area contributed by atoms with E-state index in [9.17, 15) is 28.4 Å². The molecule has 13 heteroatoms. The van der Waals surface area contributed by atoms with E-state index < -0.39 is 53.9 Å². The van der Waals surface area contributed by atoms with Crippen LogP contribution in [0.15, 0.2) is 35.1 Å².